The zero-order chi connectivity index (χ0) is 20.4. The van der Waals surface area contributed by atoms with Gasteiger partial charge in [0.15, 0.2) is 0 Å². The normalized spacial score (nSPS) is 13.7. The van der Waals surface area contributed by atoms with Gasteiger partial charge in [-0.1, -0.05) is 18.6 Å². The Hall–Kier alpha value is -2.67. The van der Waals surface area contributed by atoms with Crippen molar-refractivity contribution < 1.29 is 14.3 Å². The van der Waals surface area contributed by atoms with Crippen LogP contribution in [0.2, 0.25) is 0 Å². The second-order valence-corrected chi connectivity index (χ2v) is 8.26. The second-order valence-electron chi connectivity index (χ2n) is 7.27. The predicted octanol–water partition coefficient (Wildman–Crippen LogP) is 3.90. The standard InChI is InChI=1S/C22H24N2O4S/c1-14-18-20(23-17-6-4-3-5-12-24(17)21(18)25)29-19(14)22(26)28-13-11-15-7-9-16(27-2)10-8-15/h7-10H,3-6,11-13H2,1-2H3. The van der Waals surface area contributed by atoms with E-state index in [4.69, 9.17) is 14.5 Å². The molecule has 1 aliphatic rings. The van der Waals surface area contributed by atoms with E-state index in [1.54, 1.807) is 11.7 Å². The Kier molecular flexibility index (Phi) is 5.67. The lowest BCUT2D eigenvalue weighted by Crippen LogP contribution is -2.24. The average Bonchev–Trinajstić information content (AvgIpc) is 2.89. The fourth-order valence-corrected chi connectivity index (χ4v) is 4.81. The van der Waals surface area contributed by atoms with Crippen molar-refractivity contribution in [2.24, 2.45) is 0 Å². The van der Waals surface area contributed by atoms with Crippen LogP contribution in [0.25, 0.3) is 10.2 Å². The summed E-state index contributed by atoms with van der Waals surface area (Å²) in [6, 6.07) is 7.68. The van der Waals surface area contributed by atoms with Crippen molar-refractivity contribution in [3.8, 4) is 5.75 Å². The fourth-order valence-electron chi connectivity index (χ4n) is 3.72. The molecule has 7 heteroatoms. The van der Waals surface area contributed by atoms with Crippen LogP contribution in [0.3, 0.4) is 0 Å². The Bertz CT molecular complexity index is 1100. The number of ether oxygens (including phenoxy) is 2. The summed E-state index contributed by atoms with van der Waals surface area (Å²) in [5.74, 6) is 1.24. The minimum Gasteiger partial charge on any atom is -0.497 e. The molecule has 0 saturated carbocycles. The van der Waals surface area contributed by atoms with Crippen molar-refractivity contribution in [3.05, 3.63) is 56.4 Å². The number of thiophene rings is 1. The molecule has 0 unspecified atom stereocenters. The molecule has 0 N–H and O–H groups in total. The van der Waals surface area contributed by atoms with Crippen LogP contribution in [0.5, 0.6) is 5.75 Å². The van der Waals surface area contributed by atoms with Crippen LogP contribution in [0.15, 0.2) is 29.1 Å². The molecule has 152 valence electrons. The Balaban J connectivity index is 1.52. The van der Waals surface area contributed by atoms with Gasteiger partial charge >= 0.3 is 5.97 Å². The molecule has 29 heavy (non-hydrogen) atoms. The zero-order valence-electron chi connectivity index (χ0n) is 16.7. The largest absolute Gasteiger partial charge is 0.497 e. The summed E-state index contributed by atoms with van der Waals surface area (Å²) in [6.07, 6.45) is 4.58. The van der Waals surface area contributed by atoms with E-state index >= 15 is 0 Å². The SMILES string of the molecule is COc1ccc(CCOC(=O)c2sc3nc4n(c(=O)c3c2C)CCCCC4)cc1. The third-order valence-corrected chi connectivity index (χ3v) is 6.55. The molecule has 2 aromatic heterocycles. The van der Waals surface area contributed by atoms with Crippen LogP contribution < -0.4 is 10.3 Å². The lowest BCUT2D eigenvalue weighted by molar-refractivity contribution is 0.0514. The van der Waals surface area contributed by atoms with Crippen molar-refractivity contribution >= 4 is 27.5 Å². The molecule has 3 heterocycles. The first-order valence-electron chi connectivity index (χ1n) is 9.91. The highest BCUT2D eigenvalue weighted by molar-refractivity contribution is 7.20. The maximum Gasteiger partial charge on any atom is 0.348 e. The molecule has 3 aromatic rings. The van der Waals surface area contributed by atoms with Crippen LogP contribution in [0.1, 0.15) is 45.9 Å². The summed E-state index contributed by atoms with van der Waals surface area (Å²) < 4.78 is 12.4. The van der Waals surface area contributed by atoms with Gasteiger partial charge < -0.3 is 9.47 Å². The average molecular weight is 413 g/mol. The van der Waals surface area contributed by atoms with Gasteiger partial charge in [-0.2, -0.15) is 0 Å². The number of hydrogen-bond donors (Lipinski definition) is 0. The van der Waals surface area contributed by atoms with E-state index in [1.165, 1.54) is 11.3 Å². The quantitative estimate of drug-likeness (QED) is 0.595. The number of hydrogen-bond acceptors (Lipinski definition) is 6. The first-order valence-corrected chi connectivity index (χ1v) is 10.7. The Morgan fingerprint density at radius 1 is 1.21 bits per heavy atom. The molecule has 0 atom stereocenters. The van der Waals surface area contributed by atoms with Crippen molar-refractivity contribution in [1.82, 2.24) is 9.55 Å². The summed E-state index contributed by atoms with van der Waals surface area (Å²) >= 11 is 1.26. The number of aryl methyl sites for hydroxylation is 2. The first-order chi connectivity index (χ1) is 14.1. The topological polar surface area (TPSA) is 70.4 Å². The summed E-state index contributed by atoms with van der Waals surface area (Å²) in [4.78, 5) is 31.5. The molecule has 6 nitrogen and oxygen atoms in total. The summed E-state index contributed by atoms with van der Waals surface area (Å²) in [6.45, 7) is 2.79. The van der Waals surface area contributed by atoms with E-state index < -0.39 is 5.97 Å². The van der Waals surface area contributed by atoms with E-state index in [9.17, 15) is 9.59 Å². The summed E-state index contributed by atoms with van der Waals surface area (Å²) in [5.41, 5.74) is 1.71. The number of aromatic nitrogens is 2. The van der Waals surface area contributed by atoms with Gasteiger partial charge in [-0.15, -0.1) is 11.3 Å². The molecule has 0 saturated heterocycles. The van der Waals surface area contributed by atoms with Gasteiger partial charge in [0.1, 0.15) is 21.3 Å². The van der Waals surface area contributed by atoms with Gasteiger partial charge in [0.2, 0.25) is 0 Å². The maximum atomic E-state index is 13.0. The lowest BCUT2D eigenvalue weighted by atomic mass is 10.1. The number of rotatable bonds is 5. The van der Waals surface area contributed by atoms with Crippen LogP contribution >= 0.6 is 11.3 Å². The minimum atomic E-state index is -0.390. The highest BCUT2D eigenvalue weighted by atomic mass is 32.1. The maximum absolute atomic E-state index is 13.0. The molecule has 0 fully saturated rings. The van der Waals surface area contributed by atoms with Crippen LogP contribution in [-0.4, -0.2) is 29.2 Å². The number of esters is 1. The monoisotopic (exact) mass is 412 g/mol. The number of carbonyl (C=O) groups is 1. The molecular weight excluding hydrogens is 388 g/mol. The van der Waals surface area contributed by atoms with E-state index in [0.29, 0.717) is 33.6 Å². The zero-order valence-corrected chi connectivity index (χ0v) is 17.5. The van der Waals surface area contributed by atoms with E-state index in [-0.39, 0.29) is 12.2 Å². The number of nitrogens with zero attached hydrogens (tertiary/aromatic N) is 2. The number of fused-ring (bicyclic) bond motifs is 2. The Morgan fingerprint density at radius 3 is 2.76 bits per heavy atom. The number of benzene rings is 1. The number of methoxy groups -OCH3 is 1. The van der Waals surface area contributed by atoms with Gasteiger partial charge in [0.05, 0.1) is 19.1 Å². The first kappa shape index (κ1) is 19.6. The number of carbonyl (C=O) groups excluding carboxylic acids is 1. The molecule has 4 rings (SSSR count). The molecule has 0 amide bonds. The summed E-state index contributed by atoms with van der Waals surface area (Å²) in [5, 5.41) is 0.558. The van der Waals surface area contributed by atoms with Crippen molar-refractivity contribution in [2.75, 3.05) is 13.7 Å². The third-order valence-electron chi connectivity index (χ3n) is 5.38. The van der Waals surface area contributed by atoms with Crippen molar-refractivity contribution in [1.29, 1.82) is 0 Å². The lowest BCUT2D eigenvalue weighted by Gasteiger charge is -2.08. The van der Waals surface area contributed by atoms with Crippen LogP contribution in [0.4, 0.5) is 0 Å². The van der Waals surface area contributed by atoms with Gasteiger partial charge in [-0.25, -0.2) is 9.78 Å². The van der Waals surface area contributed by atoms with Crippen molar-refractivity contribution in [3.63, 3.8) is 0 Å². The summed E-state index contributed by atoms with van der Waals surface area (Å²) in [7, 11) is 1.63. The molecule has 0 radical (unpaired) electrons. The molecule has 0 aliphatic carbocycles. The third kappa shape index (κ3) is 3.92. The molecule has 1 aliphatic heterocycles. The van der Waals surface area contributed by atoms with E-state index in [0.717, 1.165) is 42.8 Å². The minimum absolute atomic E-state index is 0.0297. The van der Waals surface area contributed by atoms with Crippen LogP contribution in [-0.2, 0) is 24.1 Å². The highest BCUT2D eigenvalue weighted by Crippen LogP contribution is 2.29. The van der Waals surface area contributed by atoms with Gasteiger partial charge in [-0.3, -0.25) is 9.36 Å². The van der Waals surface area contributed by atoms with Crippen molar-refractivity contribution in [2.45, 2.75) is 45.6 Å². The second kappa shape index (κ2) is 8.37. The Morgan fingerprint density at radius 2 is 2.00 bits per heavy atom. The van der Waals surface area contributed by atoms with Crippen LogP contribution in [0, 0.1) is 6.92 Å². The molecule has 0 bridgehead atoms. The van der Waals surface area contributed by atoms with Gasteiger partial charge in [-0.05, 0) is 43.0 Å². The van der Waals surface area contributed by atoms with E-state index in [2.05, 4.69) is 0 Å². The molecule has 0 spiro atoms. The smallest absolute Gasteiger partial charge is 0.348 e. The van der Waals surface area contributed by atoms with Gasteiger partial charge in [0.25, 0.3) is 5.56 Å². The fraction of sp³-hybridized carbons (Fsp3) is 0.409. The highest BCUT2D eigenvalue weighted by Gasteiger charge is 2.23. The Labute approximate surface area is 173 Å². The molecule has 1 aromatic carbocycles. The van der Waals surface area contributed by atoms with E-state index in [1.807, 2.05) is 31.2 Å². The molecular formula is C22H24N2O4S. The van der Waals surface area contributed by atoms with Gasteiger partial charge in [0, 0.05) is 19.4 Å². The predicted molar refractivity (Wildman–Crippen MR) is 113 cm³/mol.